The number of aryl methyl sites for hydroxylation is 3. The third-order valence-corrected chi connectivity index (χ3v) is 2.30. The molecule has 0 aliphatic rings. The Kier molecular flexibility index (Phi) is 1.91. The topological polar surface area (TPSA) is 50.9 Å². The second-order valence-electron chi connectivity index (χ2n) is 3.41. The first-order valence-electron chi connectivity index (χ1n) is 4.68. The van der Waals surface area contributed by atoms with Crippen molar-refractivity contribution in [1.29, 1.82) is 0 Å². The van der Waals surface area contributed by atoms with Crippen molar-refractivity contribution >= 4 is 11.0 Å². The van der Waals surface area contributed by atoms with Crippen LogP contribution in [-0.4, -0.2) is 19.9 Å². The van der Waals surface area contributed by atoms with Crippen LogP contribution in [0, 0.1) is 13.8 Å². The van der Waals surface area contributed by atoms with Crippen LogP contribution in [0.1, 0.15) is 24.1 Å². The van der Waals surface area contributed by atoms with E-state index in [1.807, 2.05) is 26.8 Å². The molecule has 74 valence electrons. The summed E-state index contributed by atoms with van der Waals surface area (Å²) in [5.41, 5.74) is 3.29. The van der Waals surface area contributed by atoms with E-state index in [4.69, 9.17) is 0 Å². The summed E-state index contributed by atoms with van der Waals surface area (Å²) in [7, 11) is 0. The largest absolute Gasteiger partial charge is 0.427 e. The van der Waals surface area contributed by atoms with E-state index in [1.165, 1.54) is 0 Å². The van der Waals surface area contributed by atoms with E-state index in [0.717, 1.165) is 27.2 Å². The minimum Gasteiger partial charge on any atom is -0.427 e. The summed E-state index contributed by atoms with van der Waals surface area (Å²) < 4.78 is 1.15. The molecule has 2 aromatic heterocycles. The molecule has 0 aliphatic heterocycles. The van der Waals surface area contributed by atoms with Crippen molar-refractivity contribution in [1.82, 2.24) is 14.7 Å². The van der Waals surface area contributed by atoms with Crippen molar-refractivity contribution in [2.75, 3.05) is 0 Å². The molecule has 2 heterocycles. The van der Waals surface area contributed by atoms with Gasteiger partial charge < -0.3 is 5.21 Å². The number of aromatic nitrogens is 3. The fourth-order valence-corrected chi connectivity index (χ4v) is 1.65. The first-order chi connectivity index (χ1) is 6.63. The van der Waals surface area contributed by atoms with Gasteiger partial charge in [0.25, 0.3) is 0 Å². The summed E-state index contributed by atoms with van der Waals surface area (Å²) in [6.45, 7) is 5.77. The number of fused-ring (bicyclic) bond motifs is 1. The number of pyridine rings is 1. The maximum absolute atomic E-state index is 9.76. The van der Waals surface area contributed by atoms with Crippen LogP contribution in [0.3, 0.4) is 0 Å². The molecule has 0 amide bonds. The van der Waals surface area contributed by atoms with Gasteiger partial charge in [-0.2, -0.15) is 4.73 Å². The smallest absolute Gasteiger partial charge is 0.145 e. The first-order valence-corrected chi connectivity index (χ1v) is 4.68. The summed E-state index contributed by atoms with van der Waals surface area (Å²) in [6.07, 6.45) is 0.712. The monoisotopic (exact) mass is 191 g/mol. The molecule has 2 rings (SSSR count). The molecule has 0 aromatic carbocycles. The Bertz CT molecular complexity index is 488. The molecule has 0 spiro atoms. The Morgan fingerprint density at radius 2 is 2.07 bits per heavy atom. The highest BCUT2D eigenvalue weighted by atomic mass is 16.5. The standard InChI is InChI=1S/C10H13N3O/c1-4-9-12-10-7(3)11-6(2)5-8(10)13(9)14/h5,14H,4H2,1-3H3. The van der Waals surface area contributed by atoms with E-state index < -0.39 is 0 Å². The van der Waals surface area contributed by atoms with Crippen LogP contribution in [0.15, 0.2) is 6.07 Å². The Morgan fingerprint density at radius 3 is 2.71 bits per heavy atom. The van der Waals surface area contributed by atoms with Crippen molar-refractivity contribution in [2.45, 2.75) is 27.2 Å². The van der Waals surface area contributed by atoms with E-state index in [1.54, 1.807) is 0 Å². The second-order valence-corrected chi connectivity index (χ2v) is 3.41. The van der Waals surface area contributed by atoms with Gasteiger partial charge >= 0.3 is 0 Å². The highest BCUT2D eigenvalue weighted by molar-refractivity contribution is 5.78. The molecule has 1 N–H and O–H groups in total. The Balaban J connectivity index is 2.85. The van der Waals surface area contributed by atoms with Crippen LogP contribution < -0.4 is 0 Å². The van der Waals surface area contributed by atoms with Gasteiger partial charge in [-0.3, -0.25) is 4.98 Å². The number of hydrogen-bond acceptors (Lipinski definition) is 3. The fourth-order valence-electron chi connectivity index (χ4n) is 1.65. The van der Waals surface area contributed by atoms with Gasteiger partial charge in [-0.05, 0) is 19.9 Å². The SMILES string of the molecule is CCc1nc2c(C)nc(C)cc2n1O. The predicted octanol–water partition coefficient (Wildman–Crippen LogP) is 1.85. The molecule has 0 aliphatic carbocycles. The summed E-state index contributed by atoms with van der Waals surface area (Å²) in [4.78, 5) is 8.63. The molecule has 0 bridgehead atoms. The number of hydrogen-bond donors (Lipinski definition) is 1. The van der Waals surface area contributed by atoms with Crippen LogP contribution in [0.4, 0.5) is 0 Å². The molecular weight excluding hydrogens is 178 g/mol. The third kappa shape index (κ3) is 1.14. The lowest BCUT2D eigenvalue weighted by atomic mass is 10.3. The molecule has 0 radical (unpaired) electrons. The molecule has 2 aromatic rings. The highest BCUT2D eigenvalue weighted by Gasteiger charge is 2.11. The Labute approximate surface area is 82.2 Å². The minimum absolute atomic E-state index is 0.676. The molecule has 0 saturated carbocycles. The summed E-state index contributed by atoms with van der Waals surface area (Å²) >= 11 is 0. The van der Waals surface area contributed by atoms with Gasteiger partial charge in [0.15, 0.2) is 0 Å². The van der Waals surface area contributed by atoms with Crippen molar-refractivity contribution in [3.05, 3.63) is 23.3 Å². The number of rotatable bonds is 1. The zero-order chi connectivity index (χ0) is 10.3. The van der Waals surface area contributed by atoms with E-state index >= 15 is 0 Å². The van der Waals surface area contributed by atoms with Crippen molar-refractivity contribution in [3.8, 4) is 0 Å². The fraction of sp³-hybridized carbons (Fsp3) is 0.400. The van der Waals surface area contributed by atoms with Crippen molar-refractivity contribution in [2.24, 2.45) is 0 Å². The second kappa shape index (κ2) is 2.97. The Hall–Kier alpha value is -1.58. The quantitative estimate of drug-likeness (QED) is 0.700. The van der Waals surface area contributed by atoms with E-state index in [0.29, 0.717) is 12.2 Å². The van der Waals surface area contributed by atoms with Gasteiger partial charge in [-0.15, -0.1) is 0 Å². The van der Waals surface area contributed by atoms with Gasteiger partial charge in [0, 0.05) is 12.1 Å². The lowest BCUT2D eigenvalue weighted by Crippen LogP contribution is -1.96. The van der Waals surface area contributed by atoms with E-state index in [2.05, 4.69) is 9.97 Å². The van der Waals surface area contributed by atoms with Crippen LogP contribution in [-0.2, 0) is 6.42 Å². The molecule has 0 unspecified atom stereocenters. The zero-order valence-electron chi connectivity index (χ0n) is 8.57. The van der Waals surface area contributed by atoms with Gasteiger partial charge in [-0.1, -0.05) is 6.92 Å². The minimum atomic E-state index is 0.676. The van der Waals surface area contributed by atoms with E-state index in [-0.39, 0.29) is 0 Å². The van der Waals surface area contributed by atoms with Gasteiger partial charge in [0.05, 0.1) is 5.69 Å². The molecule has 4 nitrogen and oxygen atoms in total. The van der Waals surface area contributed by atoms with Crippen molar-refractivity contribution < 1.29 is 5.21 Å². The van der Waals surface area contributed by atoms with Crippen LogP contribution >= 0.6 is 0 Å². The predicted molar refractivity (Wildman–Crippen MR) is 53.6 cm³/mol. The molecule has 4 heteroatoms. The summed E-state index contributed by atoms with van der Waals surface area (Å²) in [5.74, 6) is 0.676. The first kappa shape index (κ1) is 8.99. The molecule has 0 saturated heterocycles. The maximum atomic E-state index is 9.76. The maximum Gasteiger partial charge on any atom is 0.145 e. The lowest BCUT2D eigenvalue weighted by Gasteiger charge is -1.98. The average molecular weight is 191 g/mol. The van der Waals surface area contributed by atoms with E-state index in [9.17, 15) is 5.21 Å². The molecule has 14 heavy (non-hydrogen) atoms. The normalized spacial score (nSPS) is 11.1. The molecule has 0 fully saturated rings. The summed E-state index contributed by atoms with van der Waals surface area (Å²) in [6, 6.07) is 1.84. The van der Waals surface area contributed by atoms with Crippen molar-refractivity contribution in [3.63, 3.8) is 0 Å². The number of imidazole rings is 1. The molecular formula is C10H13N3O. The average Bonchev–Trinajstić information content (AvgIpc) is 2.44. The van der Waals surface area contributed by atoms with Crippen LogP contribution in [0.2, 0.25) is 0 Å². The highest BCUT2D eigenvalue weighted by Crippen LogP contribution is 2.18. The molecule has 0 atom stereocenters. The van der Waals surface area contributed by atoms with Gasteiger partial charge in [0.2, 0.25) is 0 Å². The van der Waals surface area contributed by atoms with Gasteiger partial charge in [-0.25, -0.2) is 4.98 Å². The summed E-state index contributed by atoms with van der Waals surface area (Å²) in [5, 5.41) is 9.76. The van der Waals surface area contributed by atoms with Gasteiger partial charge in [0.1, 0.15) is 16.9 Å². The lowest BCUT2D eigenvalue weighted by molar-refractivity contribution is 0.188. The van der Waals surface area contributed by atoms with Crippen LogP contribution in [0.5, 0.6) is 0 Å². The number of nitrogens with zero attached hydrogens (tertiary/aromatic N) is 3. The third-order valence-electron chi connectivity index (χ3n) is 2.30. The zero-order valence-corrected chi connectivity index (χ0v) is 8.57. The van der Waals surface area contributed by atoms with Crippen LogP contribution in [0.25, 0.3) is 11.0 Å². The Morgan fingerprint density at radius 1 is 1.36 bits per heavy atom.